The molecule has 0 bridgehead atoms. The molecule has 28 heavy (non-hydrogen) atoms. The van der Waals surface area contributed by atoms with Crippen LogP contribution >= 0.6 is 11.6 Å². The second-order valence-corrected chi connectivity index (χ2v) is 7.95. The smallest absolute Gasteiger partial charge is 0.225 e. The molecule has 0 unspecified atom stereocenters. The van der Waals surface area contributed by atoms with Gasteiger partial charge in [0.05, 0.1) is 4.90 Å². The molecule has 0 saturated carbocycles. The summed E-state index contributed by atoms with van der Waals surface area (Å²) >= 11 is 6.03. The lowest BCUT2D eigenvalue weighted by Crippen LogP contribution is -2.14. The van der Waals surface area contributed by atoms with Gasteiger partial charge in [-0.25, -0.2) is 31.1 Å². The molecule has 3 nitrogen and oxygen atoms in total. The third-order valence-corrected chi connectivity index (χ3v) is 5.57. The van der Waals surface area contributed by atoms with E-state index in [0.717, 1.165) is 12.1 Å². The first-order valence-corrected chi connectivity index (χ1v) is 9.71. The minimum Gasteiger partial charge on any atom is -0.225 e. The molecule has 2 N–H and O–H groups in total. The highest BCUT2D eigenvalue weighted by Gasteiger charge is 2.29. The van der Waals surface area contributed by atoms with Crippen LogP contribution < -0.4 is 5.14 Å². The molecule has 3 aromatic carbocycles. The number of sulfonamides is 1. The summed E-state index contributed by atoms with van der Waals surface area (Å²) in [6.45, 7) is 1.66. The quantitative estimate of drug-likeness (QED) is 0.354. The minimum absolute atomic E-state index is 0.0647. The van der Waals surface area contributed by atoms with E-state index in [0.29, 0.717) is 5.56 Å². The van der Waals surface area contributed by atoms with Crippen LogP contribution in [0.3, 0.4) is 0 Å². The van der Waals surface area contributed by atoms with Crippen LogP contribution in [0.2, 0.25) is 5.02 Å². The van der Waals surface area contributed by atoms with Gasteiger partial charge in [-0.3, -0.25) is 0 Å². The zero-order chi connectivity index (χ0) is 20.8. The van der Waals surface area contributed by atoms with Crippen molar-refractivity contribution in [2.45, 2.75) is 11.8 Å². The second-order valence-electron chi connectivity index (χ2n) is 6.01. The summed E-state index contributed by atoms with van der Waals surface area (Å²) in [4.78, 5) is -0.571. The van der Waals surface area contributed by atoms with E-state index in [-0.39, 0.29) is 10.6 Å². The molecule has 3 aromatic rings. The molecule has 0 amide bonds. The Hall–Kier alpha value is -2.42. The van der Waals surface area contributed by atoms with Gasteiger partial charge in [0, 0.05) is 21.7 Å². The average molecular weight is 430 g/mol. The zero-order valence-corrected chi connectivity index (χ0v) is 15.8. The van der Waals surface area contributed by atoms with E-state index >= 15 is 0 Å². The van der Waals surface area contributed by atoms with Crippen molar-refractivity contribution in [2.75, 3.05) is 0 Å². The molecule has 0 fully saturated rings. The van der Waals surface area contributed by atoms with Gasteiger partial charge >= 0.3 is 0 Å². The van der Waals surface area contributed by atoms with Gasteiger partial charge in [0.1, 0.15) is 0 Å². The maximum Gasteiger partial charge on any atom is 0.238 e. The summed E-state index contributed by atoms with van der Waals surface area (Å²) in [5.41, 5.74) is -1.31. The zero-order valence-electron chi connectivity index (χ0n) is 14.2. The van der Waals surface area contributed by atoms with Crippen molar-refractivity contribution >= 4 is 21.6 Å². The number of primary sulfonamides is 1. The van der Waals surface area contributed by atoms with Crippen LogP contribution in [-0.2, 0) is 10.0 Å². The Kier molecular flexibility index (Phi) is 5.22. The average Bonchev–Trinajstić information content (AvgIpc) is 2.64. The third-order valence-electron chi connectivity index (χ3n) is 4.19. The van der Waals surface area contributed by atoms with Crippen LogP contribution in [0.5, 0.6) is 0 Å². The molecule has 0 aliphatic carbocycles. The Morgan fingerprint density at radius 1 is 0.857 bits per heavy atom. The molecule has 3 rings (SSSR count). The first-order valence-electron chi connectivity index (χ1n) is 7.78. The SMILES string of the molecule is Cc1ccc(-c2c(F)c(F)c(F)c(F)c2-c2ccccc2S(N)(=O)=O)cc1Cl. The van der Waals surface area contributed by atoms with E-state index in [1.165, 1.54) is 30.3 Å². The van der Waals surface area contributed by atoms with Crippen molar-refractivity contribution in [1.29, 1.82) is 0 Å². The van der Waals surface area contributed by atoms with Gasteiger partial charge in [0.25, 0.3) is 0 Å². The van der Waals surface area contributed by atoms with Crippen LogP contribution in [0, 0.1) is 30.2 Å². The molecule has 9 heteroatoms. The van der Waals surface area contributed by atoms with Gasteiger partial charge in [-0.05, 0) is 30.2 Å². The topological polar surface area (TPSA) is 60.2 Å². The number of nitrogens with two attached hydrogens (primary N) is 1. The van der Waals surface area contributed by atoms with Crippen molar-refractivity contribution in [1.82, 2.24) is 0 Å². The molecule has 0 aromatic heterocycles. The number of benzene rings is 3. The van der Waals surface area contributed by atoms with E-state index < -0.39 is 54.9 Å². The van der Waals surface area contributed by atoms with Gasteiger partial charge in [0.2, 0.25) is 10.0 Å². The fourth-order valence-corrected chi connectivity index (χ4v) is 3.75. The summed E-state index contributed by atoms with van der Waals surface area (Å²) in [5.74, 6) is -7.53. The van der Waals surface area contributed by atoms with Gasteiger partial charge < -0.3 is 0 Å². The fraction of sp³-hybridized carbons (Fsp3) is 0.0526. The van der Waals surface area contributed by atoms with Crippen molar-refractivity contribution in [3.8, 4) is 22.3 Å². The summed E-state index contributed by atoms with van der Waals surface area (Å²) in [7, 11) is -4.38. The normalized spacial score (nSPS) is 11.7. The minimum atomic E-state index is -4.38. The van der Waals surface area contributed by atoms with Crippen molar-refractivity contribution in [2.24, 2.45) is 5.14 Å². The highest BCUT2D eigenvalue weighted by Crippen LogP contribution is 2.42. The predicted molar refractivity (Wildman–Crippen MR) is 98.3 cm³/mol. The van der Waals surface area contributed by atoms with E-state index in [2.05, 4.69) is 0 Å². The molecule has 0 heterocycles. The molecule has 0 atom stereocenters. The van der Waals surface area contributed by atoms with Crippen LogP contribution in [0.1, 0.15) is 5.56 Å². The Morgan fingerprint density at radius 2 is 1.43 bits per heavy atom. The van der Waals surface area contributed by atoms with Gasteiger partial charge in [-0.1, -0.05) is 41.9 Å². The van der Waals surface area contributed by atoms with Gasteiger partial charge in [-0.15, -0.1) is 0 Å². The summed E-state index contributed by atoms with van der Waals surface area (Å²) in [6.07, 6.45) is 0. The number of halogens is 5. The van der Waals surface area contributed by atoms with E-state index in [4.69, 9.17) is 16.7 Å². The first-order chi connectivity index (χ1) is 13.0. The monoisotopic (exact) mass is 429 g/mol. The Labute approximate surface area is 163 Å². The molecule has 0 spiro atoms. The summed E-state index contributed by atoms with van der Waals surface area (Å²) in [5, 5.41) is 5.32. The van der Waals surface area contributed by atoms with Crippen molar-refractivity contribution in [3.63, 3.8) is 0 Å². The first kappa shape index (κ1) is 20.3. The van der Waals surface area contributed by atoms with E-state index in [1.807, 2.05) is 0 Å². The number of hydrogen-bond donors (Lipinski definition) is 1. The van der Waals surface area contributed by atoms with E-state index in [9.17, 15) is 26.0 Å². The molecular formula is C19H12ClF4NO2S. The maximum atomic E-state index is 14.8. The lowest BCUT2D eigenvalue weighted by molar-refractivity contribution is 0.412. The fourth-order valence-electron chi connectivity index (χ4n) is 2.83. The Balaban J connectivity index is 2.52. The van der Waals surface area contributed by atoms with Crippen LogP contribution in [0.25, 0.3) is 22.3 Å². The lowest BCUT2D eigenvalue weighted by atomic mass is 9.92. The second kappa shape index (κ2) is 7.20. The highest BCUT2D eigenvalue weighted by atomic mass is 35.5. The number of rotatable bonds is 3. The van der Waals surface area contributed by atoms with Crippen LogP contribution in [0.4, 0.5) is 17.6 Å². The molecule has 146 valence electrons. The molecule has 0 saturated heterocycles. The molecular weight excluding hydrogens is 418 g/mol. The molecule has 0 aliphatic heterocycles. The third kappa shape index (κ3) is 3.39. The van der Waals surface area contributed by atoms with Crippen molar-refractivity contribution in [3.05, 3.63) is 76.3 Å². The lowest BCUT2D eigenvalue weighted by Gasteiger charge is -2.17. The molecule has 0 radical (unpaired) electrons. The van der Waals surface area contributed by atoms with Crippen LogP contribution in [-0.4, -0.2) is 8.42 Å². The maximum absolute atomic E-state index is 14.8. The van der Waals surface area contributed by atoms with Gasteiger partial charge in [0.15, 0.2) is 23.3 Å². The Bertz CT molecular complexity index is 1210. The predicted octanol–water partition coefficient (Wildman–Crippen LogP) is 5.19. The number of hydrogen-bond acceptors (Lipinski definition) is 2. The standard InChI is InChI=1S/C19H12ClF4NO2S/c1-9-6-7-10(8-12(9)20)14-15(17(22)19(24)18(23)16(14)21)11-4-2-3-5-13(11)28(25,26)27/h2-8H,1H3,(H2,25,26,27). The Morgan fingerprint density at radius 3 is 2.00 bits per heavy atom. The van der Waals surface area contributed by atoms with E-state index in [1.54, 1.807) is 6.92 Å². The van der Waals surface area contributed by atoms with Crippen LogP contribution in [0.15, 0.2) is 47.4 Å². The van der Waals surface area contributed by atoms with Gasteiger partial charge in [-0.2, -0.15) is 0 Å². The summed E-state index contributed by atoms with van der Waals surface area (Å²) in [6, 6.07) is 8.86. The highest BCUT2D eigenvalue weighted by molar-refractivity contribution is 7.89. The molecule has 0 aliphatic rings. The van der Waals surface area contributed by atoms with Crippen molar-refractivity contribution < 1.29 is 26.0 Å². The largest absolute Gasteiger partial charge is 0.238 e. The summed E-state index contributed by atoms with van der Waals surface area (Å²) < 4.78 is 81.3. The number of aryl methyl sites for hydroxylation is 1.